The Hall–Kier alpha value is -2.37. The van der Waals surface area contributed by atoms with Crippen LogP contribution in [0.25, 0.3) is 0 Å². The van der Waals surface area contributed by atoms with E-state index in [-0.39, 0.29) is 11.7 Å². The lowest BCUT2D eigenvalue weighted by atomic mass is 9.67. The van der Waals surface area contributed by atoms with Crippen LogP contribution in [-0.2, 0) is 10.4 Å². The summed E-state index contributed by atoms with van der Waals surface area (Å²) in [7, 11) is 0. The molecular formula is C25H32N2O3. The Morgan fingerprint density at radius 3 is 2.33 bits per heavy atom. The number of nitrogens with zero attached hydrogens (tertiary/aromatic N) is 2. The molecular weight excluding hydrogens is 376 g/mol. The van der Waals surface area contributed by atoms with E-state index in [1.807, 2.05) is 55.5 Å². The van der Waals surface area contributed by atoms with Crippen LogP contribution < -0.4 is 9.64 Å². The standard InChI is InChI=1S/C25H32N2O3/c1-2-30-23-14-7-6-13-22(23)27-17-15-26(16-18-27)19-24(28)25(29,21-11-8-12-21)20-9-4-3-5-10-20/h3-7,9-10,13-14,21,29H,2,8,11-12,15-19H2,1H3. The SMILES string of the molecule is CCOc1ccccc1N1CCN(CC(=O)C(O)(c2ccccc2)C2CCC2)CC1. The third kappa shape index (κ3) is 4.09. The summed E-state index contributed by atoms with van der Waals surface area (Å²) in [5.41, 5.74) is 0.489. The molecule has 1 aliphatic heterocycles. The van der Waals surface area contributed by atoms with Gasteiger partial charge in [0.15, 0.2) is 11.4 Å². The van der Waals surface area contributed by atoms with Gasteiger partial charge in [0, 0.05) is 26.2 Å². The zero-order valence-corrected chi connectivity index (χ0v) is 17.8. The normalized spacial score (nSPS) is 19.7. The van der Waals surface area contributed by atoms with Gasteiger partial charge >= 0.3 is 0 Å². The number of Topliss-reactive ketones (excluding diaryl/α,β-unsaturated/α-hetero) is 1. The number of ketones is 1. The highest BCUT2D eigenvalue weighted by Crippen LogP contribution is 2.43. The van der Waals surface area contributed by atoms with Crippen molar-refractivity contribution >= 4 is 11.5 Å². The lowest BCUT2D eigenvalue weighted by molar-refractivity contribution is -0.150. The van der Waals surface area contributed by atoms with Gasteiger partial charge in [0.1, 0.15) is 5.75 Å². The predicted octanol–water partition coefficient (Wildman–Crippen LogP) is 3.46. The second-order valence-electron chi connectivity index (χ2n) is 8.35. The van der Waals surface area contributed by atoms with Crippen molar-refractivity contribution in [3.63, 3.8) is 0 Å². The first-order valence-corrected chi connectivity index (χ1v) is 11.1. The lowest BCUT2D eigenvalue weighted by Crippen LogP contribution is -2.53. The Kier molecular flexibility index (Phi) is 6.40. The molecule has 0 spiro atoms. The Bertz CT molecular complexity index is 844. The molecule has 4 rings (SSSR count). The number of anilines is 1. The van der Waals surface area contributed by atoms with Gasteiger partial charge in [0.2, 0.25) is 0 Å². The van der Waals surface area contributed by atoms with Gasteiger partial charge in [-0.2, -0.15) is 0 Å². The van der Waals surface area contributed by atoms with Crippen LogP contribution in [0.2, 0.25) is 0 Å². The second-order valence-corrected chi connectivity index (χ2v) is 8.35. The van der Waals surface area contributed by atoms with Gasteiger partial charge in [-0.15, -0.1) is 0 Å². The Morgan fingerprint density at radius 1 is 1.03 bits per heavy atom. The molecule has 0 bridgehead atoms. The fourth-order valence-electron chi connectivity index (χ4n) is 4.61. The molecule has 2 aliphatic rings. The summed E-state index contributed by atoms with van der Waals surface area (Å²) >= 11 is 0. The molecule has 5 heteroatoms. The van der Waals surface area contributed by atoms with Gasteiger partial charge in [-0.05, 0) is 43.4 Å². The molecule has 2 fully saturated rings. The Morgan fingerprint density at radius 2 is 1.70 bits per heavy atom. The number of para-hydroxylation sites is 2. The highest BCUT2D eigenvalue weighted by Gasteiger charge is 2.47. The van der Waals surface area contributed by atoms with Crippen LogP contribution in [0.3, 0.4) is 0 Å². The molecule has 1 saturated heterocycles. The largest absolute Gasteiger partial charge is 0.492 e. The van der Waals surface area contributed by atoms with Gasteiger partial charge in [-0.3, -0.25) is 9.69 Å². The van der Waals surface area contributed by atoms with Crippen LogP contribution in [0.5, 0.6) is 5.75 Å². The molecule has 2 aromatic rings. The molecule has 2 aromatic carbocycles. The van der Waals surface area contributed by atoms with E-state index in [1.165, 1.54) is 0 Å². The van der Waals surface area contributed by atoms with Gasteiger partial charge in [-0.1, -0.05) is 48.9 Å². The van der Waals surface area contributed by atoms with Crippen LogP contribution in [-0.4, -0.2) is 55.1 Å². The van der Waals surface area contributed by atoms with E-state index in [1.54, 1.807) is 0 Å². The third-order valence-corrected chi connectivity index (χ3v) is 6.58. The summed E-state index contributed by atoms with van der Waals surface area (Å²) in [6.45, 7) is 6.20. The van der Waals surface area contributed by atoms with E-state index in [4.69, 9.17) is 4.74 Å². The summed E-state index contributed by atoms with van der Waals surface area (Å²) in [6, 6.07) is 17.6. The topological polar surface area (TPSA) is 53.0 Å². The van der Waals surface area contributed by atoms with E-state index < -0.39 is 5.60 Å². The molecule has 160 valence electrons. The van der Waals surface area contributed by atoms with E-state index >= 15 is 0 Å². The summed E-state index contributed by atoms with van der Waals surface area (Å²) < 4.78 is 5.78. The van der Waals surface area contributed by atoms with Gasteiger partial charge in [0.05, 0.1) is 18.8 Å². The maximum atomic E-state index is 13.3. The van der Waals surface area contributed by atoms with Crippen LogP contribution in [0, 0.1) is 5.92 Å². The van der Waals surface area contributed by atoms with Crippen molar-refractivity contribution in [2.75, 3.05) is 44.2 Å². The van der Waals surface area contributed by atoms with Crippen molar-refractivity contribution in [1.82, 2.24) is 4.90 Å². The average Bonchev–Trinajstić information content (AvgIpc) is 2.74. The number of aliphatic hydroxyl groups is 1. The first-order chi connectivity index (χ1) is 14.6. The van der Waals surface area contributed by atoms with Crippen molar-refractivity contribution in [3.05, 3.63) is 60.2 Å². The maximum Gasteiger partial charge on any atom is 0.183 e. The van der Waals surface area contributed by atoms with Crippen molar-refractivity contribution < 1.29 is 14.6 Å². The van der Waals surface area contributed by atoms with E-state index in [9.17, 15) is 9.90 Å². The number of rotatable bonds is 8. The minimum atomic E-state index is -1.36. The van der Waals surface area contributed by atoms with Crippen LogP contribution >= 0.6 is 0 Å². The summed E-state index contributed by atoms with van der Waals surface area (Å²) in [6.07, 6.45) is 2.92. The second kappa shape index (κ2) is 9.19. The molecule has 0 amide bonds. The van der Waals surface area contributed by atoms with Crippen molar-refractivity contribution in [2.45, 2.75) is 31.8 Å². The molecule has 1 unspecified atom stereocenters. The van der Waals surface area contributed by atoms with E-state index in [0.717, 1.165) is 62.4 Å². The number of carbonyl (C=O) groups is 1. The van der Waals surface area contributed by atoms with Crippen molar-refractivity contribution in [2.24, 2.45) is 5.92 Å². The van der Waals surface area contributed by atoms with Gasteiger partial charge < -0.3 is 14.7 Å². The quantitative estimate of drug-likeness (QED) is 0.725. The van der Waals surface area contributed by atoms with Gasteiger partial charge in [0.25, 0.3) is 0 Å². The average molecular weight is 409 g/mol. The highest BCUT2D eigenvalue weighted by atomic mass is 16.5. The Labute approximate surface area is 179 Å². The third-order valence-electron chi connectivity index (χ3n) is 6.58. The minimum Gasteiger partial charge on any atom is -0.492 e. The maximum absolute atomic E-state index is 13.3. The first-order valence-electron chi connectivity index (χ1n) is 11.1. The van der Waals surface area contributed by atoms with Crippen molar-refractivity contribution in [3.8, 4) is 5.75 Å². The predicted molar refractivity (Wildman–Crippen MR) is 119 cm³/mol. The molecule has 1 heterocycles. The number of carbonyl (C=O) groups excluding carboxylic acids is 1. The Balaban J connectivity index is 1.41. The summed E-state index contributed by atoms with van der Waals surface area (Å²) in [5, 5.41) is 11.5. The van der Waals surface area contributed by atoms with Crippen LogP contribution in [0.15, 0.2) is 54.6 Å². The number of ether oxygens (including phenoxy) is 1. The fraction of sp³-hybridized carbons (Fsp3) is 0.480. The first kappa shape index (κ1) is 20.9. The monoisotopic (exact) mass is 408 g/mol. The molecule has 1 aliphatic carbocycles. The van der Waals surface area contributed by atoms with Crippen LogP contribution in [0.1, 0.15) is 31.7 Å². The highest BCUT2D eigenvalue weighted by molar-refractivity contribution is 5.90. The van der Waals surface area contributed by atoms with Crippen molar-refractivity contribution in [1.29, 1.82) is 0 Å². The lowest BCUT2D eigenvalue weighted by Gasteiger charge is -2.42. The van der Waals surface area contributed by atoms with Gasteiger partial charge in [-0.25, -0.2) is 0 Å². The number of benzene rings is 2. The zero-order chi connectivity index (χ0) is 21.0. The fourth-order valence-corrected chi connectivity index (χ4v) is 4.61. The number of hydrogen-bond donors (Lipinski definition) is 1. The molecule has 30 heavy (non-hydrogen) atoms. The molecule has 1 atom stereocenters. The minimum absolute atomic E-state index is 0.0340. The van der Waals surface area contributed by atoms with E-state index in [0.29, 0.717) is 13.2 Å². The molecule has 1 N–H and O–H groups in total. The smallest absolute Gasteiger partial charge is 0.183 e. The number of piperazine rings is 1. The summed E-state index contributed by atoms with van der Waals surface area (Å²) in [4.78, 5) is 17.8. The molecule has 1 saturated carbocycles. The van der Waals surface area contributed by atoms with E-state index in [2.05, 4.69) is 15.9 Å². The molecule has 0 aromatic heterocycles. The molecule has 0 radical (unpaired) electrons. The zero-order valence-electron chi connectivity index (χ0n) is 17.8. The summed E-state index contributed by atoms with van der Waals surface area (Å²) in [5.74, 6) is 0.876. The molecule has 5 nitrogen and oxygen atoms in total. The number of hydrogen-bond acceptors (Lipinski definition) is 5. The van der Waals surface area contributed by atoms with Crippen LogP contribution in [0.4, 0.5) is 5.69 Å².